The van der Waals surface area contributed by atoms with Crippen molar-refractivity contribution in [1.82, 2.24) is 20.2 Å². The highest BCUT2D eigenvalue weighted by Crippen LogP contribution is 2.16. The number of hydrogen-bond donors (Lipinski definition) is 2. The number of halogens is 1. The van der Waals surface area contributed by atoms with Gasteiger partial charge in [0.2, 0.25) is 0 Å². The van der Waals surface area contributed by atoms with Gasteiger partial charge in [-0.3, -0.25) is 4.99 Å². The summed E-state index contributed by atoms with van der Waals surface area (Å²) in [5.41, 5.74) is 2.19. The summed E-state index contributed by atoms with van der Waals surface area (Å²) < 4.78 is 0. The minimum atomic E-state index is 0. The van der Waals surface area contributed by atoms with Crippen LogP contribution < -0.4 is 5.32 Å². The van der Waals surface area contributed by atoms with Crippen LogP contribution in [0.15, 0.2) is 41.5 Å². The van der Waals surface area contributed by atoms with E-state index in [1.807, 2.05) is 31.4 Å². The predicted molar refractivity (Wildman–Crippen MR) is 112 cm³/mol. The molecule has 0 saturated carbocycles. The number of aromatic nitrogens is 2. The Bertz CT molecular complexity index is 621. The van der Waals surface area contributed by atoms with Crippen LogP contribution in [0.4, 0.5) is 0 Å². The number of benzene rings is 1. The van der Waals surface area contributed by atoms with Crippen LogP contribution in [-0.4, -0.2) is 41.0 Å². The number of nitrogens with zero attached hydrogens (tertiary/aromatic N) is 3. The van der Waals surface area contributed by atoms with Crippen molar-refractivity contribution in [2.24, 2.45) is 10.9 Å². The van der Waals surface area contributed by atoms with Crippen molar-refractivity contribution >= 4 is 29.9 Å². The molecule has 0 radical (unpaired) electrons. The fourth-order valence-electron chi connectivity index (χ4n) is 2.25. The summed E-state index contributed by atoms with van der Waals surface area (Å²) in [5, 5.41) is 3.33. The van der Waals surface area contributed by atoms with Crippen molar-refractivity contribution in [1.29, 1.82) is 0 Å². The summed E-state index contributed by atoms with van der Waals surface area (Å²) >= 11 is 0. The van der Waals surface area contributed by atoms with E-state index < -0.39 is 0 Å². The molecule has 2 rings (SSSR count). The van der Waals surface area contributed by atoms with Crippen molar-refractivity contribution in [3.63, 3.8) is 0 Å². The van der Waals surface area contributed by atoms with Gasteiger partial charge < -0.3 is 15.2 Å². The lowest BCUT2D eigenvalue weighted by Crippen LogP contribution is -2.39. The Morgan fingerprint density at radius 2 is 2.00 bits per heavy atom. The van der Waals surface area contributed by atoms with Gasteiger partial charge in [-0.25, -0.2) is 4.98 Å². The number of H-pyrrole nitrogens is 1. The first kappa shape index (κ1) is 20.5. The van der Waals surface area contributed by atoms with E-state index in [2.05, 4.69) is 58.1 Å². The molecule has 2 aromatic rings. The number of imidazole rings is 1. The van der Waals surface area contributed by atoms with E-state index in [-0.39, 0.29) is 24.0 Å². The maximum atomic E-state index is 4.66. The quantitative estimate of drug-likeness (QED) is 0.408. The number of nitrogens with one attached hydrogen (secondary N) is 2. The Balaban J connectivity index is 0.00000288. The number of aliphatic imine (C=N–C) groups is 1. The van der Waals surface area contributed by atoms with E-state index in [1.165, 1.54) is 0 Å². The maximum Gasteiger partial charge on any atom is 0.194 e. The molecule has 0 aliphatic rings. The van der Waals surface area contributed by atoms with Crippen LogP contribution in [-0.2, 0) is 6.54 Å². The average molecular weight is 441 g/mol. The fraction of sp³-hybridized carbons (Fsp3) is 0.444. The zero-order chi connectivity index (χ0) is 16.7. The molecule has 132 valence electrons. The topological polar surface area (TPSA) is 56.3 Å². The van der Waals surface area contributed by atoms with E-state index in [0.29, 0.717) is 12.5 Å². The van der Waals surface area contributed by atoms with Crippen LogP contribution in [0.3, 0.4) is 0 Å². The van der Waals surface area contributed by atoms with Crippen LogP contribution in [0.5, 0.6) is 0 Å². The molecular formula is C18H28IN5. The molecule has 1 aromatic heterocycles. The van der Waals surface area contributed by atoms with Gasteiger partial charge in [0.1, 0.15) is 5.82 Å². The van der Waals surface area contributed by atoms with Gasteiger partial charge in [-0.15, -0.1) is 24.0 Å². The van der Waals surface area contributed by atoms with Crippen molar-refractivity contribution in [2.45, 2.75) is 27.3 Å². The van der Waals surface area contributed by atoms with E-state index in [0.717, 1.165) is 36.1 Å². The number of rotatable bonds is 6. The molecule has 0 fully saturated rings. The lowest BCUT2D eigenvalue weighted by atomic mass is 10.2. The lowest BCUT2D eigenvalue weighted by molar-refractivity contribution is 0.461. The predicted octanol–water partition coefficient (Wildman–Crippen LogP) is 3.75. The summed E-state index contributed by atoms with van der Waals surface area (Å²) in [6, 6.07) is 10.2. The molecule has 6 heteroatoms. The second kappa shape index (κ2) is 10.3. The Labute approximate surface area is 162 Å². The summed E-state index contributed by atoms with van der Waals surface area (Å²) in [7, 11) is 2.03. The second-order valence-electron chi connectivity index (χ2n) is 6.05. The number of aromatic amines is 1. The molecule has 24 heavy (non-hydrogen) atoms. The molecule has 1 aromatic carbocycles. The number of guanidine groups is 1. The van der Waals surface area contributed by atoms with E-state index in [9.17, 15) is 0 Å². The van der Waals surface area contributed by atoms with Gasteiger partial charge in [-0.2, -0.15) is 0 Å². The molecule has 0 amide bonds. The molecule has 0 spiro atoms. The molecule has 0 saturated heterocycles. The van der Waals surface area contributed by atoms with Crippen molar-refractivity contribution in [2.75, 3.05) is 20.1 Å². The first-order chi connectivity index (χ1) is 11.1. The summed E-state index contributed by atoms with van der Waals surface area (Å²) in [4.78, 5) is 14.6. The van der Waals surface area contributed by atoms with E-state index in [4.69, 9.17) is 0 Å². The molecule has 1 heterocycles. The SMILES string of the molecule is CCNC(=NCC(C)C)N(C)Cc1ncc(-c2ccccc2)[nH]1.I. The molecule has 5 nitrogen and oxygen atoms in total. The van der Waals surface area contributed by atoms with Gasteiger partial charge >= 0.3 is 0 Å². The monoisotopic (exact) mass is 441 g/mol. The van der Waals surface area contributed by atoms with E-state index in [1.54, 1.807) is 0 Å². The molecule has 0 atom stereocenters. The molecule has 0 unspecified atom stereocenters. The molecule has 0 aliphatic carbocycles. The molecular weight excluding hydrogens is 413 g/mol. The van der Waals surface area contributed by atoms with Gasteiger partial charge in [0.25, 0.3) is 0 Å². The first-order valence-electron chi connectivity index (χ1n) is 8.19. The standard InChI is InChI=1S/C18H27N5.HI/c1-5-19-18(21-11-14(2)3)23(4)13-17-20-12-16(22-17)15-9-7-6-8-10-15;/h6-10,12,14H,5,11,13H2,1-4H3,(H,19,21)(H,20,22);1H. The Morgan fingerprint density at radius 1 is 1.29 bits per heavy atom. The van der Waals surface area contributed by atoms with Crippen molar-refractivity contribution in [3.8, 4) is 11.3 Å². The van der Waals surface area contributed by atoms with Crippen molar-refractivity contribution < 1.29 is 0 Å². The summed E-state index contributed by atoms with van der Waals surface area (Å²) in [5.74, 6) is 2.39. The highest BCUT2D eigenvalue weighted by molar-refractivity contribution is 14.0. The minimum absolute atomic E-state index is 0. The average Bonchev–Trinajstić information content (AvgIpc) is 3.00. The van der Waals surface area contributed by atoms with Gasteiger partial charge in [0, 0.05) is 20.1 Å². The Hall–Kier alpha value is -1.57. The zero-order valence-corrected chi connectivity index (χ0v) is 17.2. The van der Waals surface area contributed by atoms with E-state index >= 15 is 0 Å². The lowest BCUT2D eigenvalue weighted by Gasteiger charge is -2.21. The van der Waals surface area contributed by atoms with Crippen LogP contribution in [0.25, 0.3) is 11.3 Å². The molecule has 0 bridgehead atoms. The zero-order valence-electron chi connectivity index (χ0n) is 14.9. The summed E-state index contributed by atoms with van der Waals surface area (Å²) in [6.07, 6.45) is 1.89. The van der Waals surface area contributed by atoms with Crippen LogP contribution in [0, 0.1) is 5.92 Å². The van der Waals surface area contributed by atoms with Crippen LogP contribution >= 0.6 is 24.0 Å². The van der Waals surface area contributed by atoms with Crippen LogP contribution in [0.2, 0.25) is 0 Å². The molecule has 0 aliphatic heterocycles. The van der Waals surface area contributed by atoms with Gasteiger partial charge in [0.15, 0.2) is 5.96 Å². The Kier molecular flexibility index (Phi) is 8.81. The highest BCUT2D eigenvalue weighted by Gasteiger charge is 2.10. The van der Waals surface area contributed by atoms with Crippen LogP contribution in [0.1, 0.15) is 26.6 Å². The minimum Gasteiger partial charge on any atom is -0.357 e. The van der Waals surface area contributed by atoms with Gasteiger partial charge in [-0.1, -0.05) is 44.2 Å². The first-order valence-corrected chi connectivity index (χ1v) is 8.19. The third kappa shape index (κ3) is 6.14. The Morgan fingerprint density at radius 3 is 2.62 bits per heavy atom. The fourth-order valence-corrected chi connectivity index (χ4v) is 2.25. The van der Waals surface area contributed by atoms with Gasteiger partial charge in [0.05, 0.1) is 18.4 Å². The highest BCUT2D eigenvalue weighted by atomic mass is 127. The third-order valence-electron chi connectivity index (χ3n) is 3.40. The maximum absolute atomic E-state index is 4.66. The third-order valence-corrected chi connectivity index (χ3v) is 3.40. The number of hydrogen-bond acceptors (Lipinski definition) is 2. The molecule has 2 N–H and O–H groups in total. The normalized spacial score (nSPS) is 11.3. The summed E-state index contributed by atoms with van der Waals surface area (Å²) in [6.45, 7) is 8.79. The van der Waals surface area contributed by atoms with Crippen molar-refractivity contribution in [3.05, 3.63) is 42.4 Å². The second-order valence-corrected chi connectivity index (χ2v) is 6.05. The smallest absolute Gasteiger partial charge is 0.194 e. The largest absolute Gasteiger partial charge is 0.357 e. The van der Waals surface area contributed by atoms with Gasteiger partial charge in [-0.05, 0) is 18.4 Å².